The number of nitrogens with zero attached hydrogens (tertiary/aromatic N) is 2. The lowest BCUT2D eigenvalue weighted by Gasteiger charge is -2.11. The second-order valence-electron chi connectivity index (χ2n) is 6.04. The number of benzene rings is 1. The molecule has 5 heteroatoms. The first-order chi connectivity index (χ1) is 11.2. The van der Waals surface area contributed by atoms with Gasteiger partial charge in [0.05, 0.1) is 5.69 Å². The first-order valence-corrected chi connectivity index (χ1v) is 8.12. The lowest BCUT2D eigenvalue weighted by atomic mass is 10.1. The summed E-state index contributed by atoms with van der Waals surface area (Å²) in [5.41, 5.74) is 1.35. The molecule has 5 nitrogen and oxygen atoms in total. The summed E-state index contributed by atoms with van der Waals surface area (Å²) in [7, 11) is 0. The van der Waals surface area contributed by atoms with Gasteiger partial charge in [0.2, 0.25) is 5.91 Å². The van der Waals surface area contributed by atoms with Crippen LogP contribution < -0.4 is 10.9 Å². The predicted octanol–water partition coefficient (Wildman–Crippen LogP) is 2.22. The van der Waals surface area contributed by atoms with Crippen LogP contribution in [0.2, 0.25) is 0 Å². The van der Waals surface area contributed by atoms with Crippen molar-refractivity contribution in [2.24, 2.45) is 5.92 Å². The molecule has 23 heavy (non-hydrogen) atoms. The van der Waals surface area contributed by atoms with E-state index in [0.717, 1.165) is 5.56 Å². The zero-order valence-corrected chi connectivity index (χ0v) is 13.1. The Morgan fingerprint density at radius 2 is 1.87 bits per heavy atom. The highest BCUT2D eigenvalue weighted by molar-refractivity contribution is 5.75. The van der Waals surface area contributed by atoms with Crippen LogP contribution in [0.5, 0.6) is 0 Å². The Kier molecular flexibility index (Phi) is 4.86. The van der Waals surface area contributed by atoms with Crippen LogP contribution >= 0.6 is 0 Å². The fraction of sp³-hybridized carbons (Fsp3) is 0.389. The smallest absolute Gasteiger partial charge is 0.267 e. The Morgan fingerprint density at radius 3 is 2.61 bits per heavy atom. The van der Waals surface area contributed by atoms with E-state index in [0.29, 0.717) is 18.2 Å². The molecule has 0 aliphatic heterocycles. The molecule has 1 fully saturated rings. The van der Waals surface area contributed by atoms with Crippen molar-refractivity contribution in [3.63, 3.8) is 0 Å². The SMILES string of the molecule is O=C(Cn1nc(-c2ccccc2)ccc1=O)NCC1CCCC1. The number of aromatic nitrogens is 2. The van der Waals surface area contributed by atoms with E-state index in [4.69, 9.17) is 0 Å². The minimum Gasteiger partial charge on any atom is -0.354 e. The summed E-state index contributed by atoms with van der Waals surface area (Å²) in [5.74, 6) is 0.427. The molecule has 0 spiro atoms. The second-order valence-corrected chi connectivity index (χ2v) is 6.04. The summed E-state index contributed by atoms with van der Waals surface area (Å²) in [6.45, 7) is 0.665. The van der Waals surface area contributed by atoms with E-state index >= 15 is 0 Å². The first kappa shape index (κ1) is 15.5. The van der Waals surface area contributed by atoms with Crippen molar-refractivity contribution in [3.05, 3.63) is 52.8 Å². The van der Waals surface area contributed by atoms with Crippen molar-refractivity contribution in [1.82, 2.24) is 15.1 Å². The van der Waals surface area contributed by atoms with Gasteiger partial charge < -0.3 is 5.32 Å². The normalized spacial score (nSPS) is 14.8. The number of amides is 1. The summed E-state index contributed by atoms with van der Waals surface area (Å²) in [4.78, 5) is 24.0. The van der Waals surface area contributed by atoms with Crippen LogP contribution in [0.15, 0.2) is 47.3 Å². The average molecular weight is 311 g/mol. The van der Waals surface area contributed by atoms with Crippen molar-refractivity contribution in [3.8, 4) is 11.3 Å². The molecule has 0 saturated heterocycles. The van der Waals surface area contributed by atoms with Crippen LogP contribution in [-0.2, 0) is 11.3 Å². The third kappa shape index (κ3) is 4.06. The van der Waals surface area contributed by atoms with E-state index < -0.39 is 0 Å². The minimum atomic E-state index is -0.263. The van der Waals surface area contributed by atoms with Gasteiger partial charge in [-0.3, -0.25) is 9.59 Å². The number of hydrogen-bond donors (Lipinski definition) is 1. The van der Waals surface area contributed by atoms with Gasteiger partial charge in [-0.15, -0.1) is 0 Å². The fourth-order valence-electron chi connectivity index (χ4n) is 2.99. The van der Waals surface area contributed by atoms with Crippen LogP contribution in [0.25, 0.3) is 11.3 Å². The Hall–Kier alpha value is -2.43. The van der Waals surface area contributed by atoms with Crippen LogP contribution in [0.1, 0.15) is 25.7 Å². The van der Waals surface area contributed by atoms with Gasteiger partial charge in [-0.1, -0.05) is 43.2 Å². The fourth-order valence-corrected chi connectivity index (χ4v) is 2.99. The molecule has 1 aromatic carbocycles. The van der Waals surface area contributed by atoms with Crippen LogP contribution in [0.4, 0.5) is 0 Å². The van der Waals surface area contributed by atoms with Crippen molar-refractivity contribution in [1.29, 1.82) is 0 Å². The van der Waals surface area contributed by atoms with E-state index in [2.05, 4.69) is 10.4 Å². The lowest BCUT2D eigenvalue weighted by molar-refractivity contribution is -0.122. The molecular formula is C18H21N3O2. The molecule has 120 valence electrons. The van der Waals surface area contributed by atoms with Gasteiger partial charge in [0.15, 0.2) is 0 Å². The third-order valence-corrected chi connectivity index (χ3v) is 4.29. The highest BCUT2D eigenvalue weighted by Crippen LogP contribution is 2.23. The molecule has 1 heterocycles. The summed E-state index contributed by atoms with van der Waals surface area (Å²) in [6.07, 6.45) is 4.87. The molecule has 0 atom stereocenters. The summed E-state index contributed by atoms with van der Waals surface area (Å²) >= 11 is 0. The van der Waals surface area contributed by atoms with Gasteiger partial charge in [0.25, 0.3) is 5.56 Å². The van der Waals surface area contributed by atoms with E-state index in [-0.39, 0.29) is 18.0 Å². The third-order valence-electron chi connectivity index (χ3n) is 4.29. The molecule has 0 bridgehead atoms. The number of hydrogen-bond acceptors (Lipinski definition) is 3. The van der Waals surface area contributed by atoms with Gasteiger partial charge in [0, 0.05) is 18.2 Å². The Labute approximate surface area is 135 Å². The summed E-state index contributed by atoms with van der Waals surface area (Å²) in [5, 5.41) is 7.23. The Morgan fingerprint density at radius 1 is 1.13 bits per heavy atom. The monoisotopic (exact) mass is 311 g/mol. The molecule has 1 amide bonds. The molecule has 0 unspecified atom stereocenters. The number of rotatable bonds is 5. The van der Waals surface area contributed by atoms with Gasteiger partial charge >= 0.3 is 0 Å². The summed E-state index contributed by atoms with van der Waals surface area (Å²) in [6, 6.07) is 12.8. The molecule has 1 aliphatic rings. The largest absolute Gasteiger partial charge is 0.354 e. The Bertz CT molecular complexity index is 719. The Balaban J connectivity index is 1.67. The average Bonchev–Trinajstić information content (AvgIpc) is 3.09. The van der Waals surface area contributed by atoms with Crippen LogP contribution in [0.3, 0.4) is 0 Å². The van der Waals surface area contributed by atoms with E-state index in [1.165, 1.54) is 36.4 Å². The number of carbonyl (C=O) groups excluding carboxylic acids is 1. The van der Waals surface area contributed by atoms with Crippen molar-refractivity contribution < 1.29 is 4.79 Å². The zero-order valence-electron chi connectivity index (χ0n) is 13.1. The highest BCUT2D eigenvalue weighted by atomic mass is 16.2. The van der Waals surface area contributed by atoms with Crippen LogP contribution in [0, 0.1) is 5.92 Å². The number of carbonyl (C=O) groups is 1. The predicted molar refractivity (Wildman–Crippen MR) is 88.9 cm³/mol. The summed E-state index contributed by atoms with van der Waals surface area (Å²) < 4.78 is 1.23. The molecule has 2 aromatic rings. The number of nitrogens with one attached hydrogen (secondary N) is 1. The highest BCUT2D eigenvalue weighted by Gasteiger charge is 2.16. The van der Waals surface area contributed by atoms with Gasteiger partial charge in [-0.05, 0) is 24.8 Å². The lowest BCUT2D eigenvalue weighted by Crippen LogP contribution is -2.35. The van der Waals surface area contributed by atoms with Gasteiger partial charge in [-0.2, -0.15) is 5.10 Å². The molecule has 1 aromatic heterocycles. The van der Waals surface area contributed by atoms with Gasteiger partial charge in [-0.25, -0.2) is 4.68 Å². The van der Waals surface area contributed by atoms with Gasteiger partial charge in [0.1, 0.15) is 6.54 Å². The molecule has 3 rings (SSSR count). The van der Waals surface area contributed by atoms with Crippen LogP contribution in [-0.4, -0.2) is 22.2 Å². The molecular weight excluding hydrogens is 290 g/mol. The molecule has 0 radical (unpaired) electrons. The van der Waals surface area contributed by atoms with E-state index in [9.17, 15) is 9.59 Å². The van der Waals surface area contributed by atoms with Crippen molar-refractivity contribution in [2.45, 2.75) is 32.2 Å². The molecule has 1 saturated carbocycles. The second kappa shape index (κ2) is 7.22. The van der Waals surface area contributed by atoms with E-state index in [1.54, 1.807) is 6.07 Å². The van der Waals surface area contributed by atoms with Crippen molar-refractivity contribution in [2.75, 3.05) is 6.54 Å². The molecule has 1 aliphatic carbocycles. The topological polar surface area (TPSA) is 64.0 Å². The maximum absolute atomic E-state index is 12.1. The molecule has 1 N–H and O–H groups in total. The minimum absolute atomic E-state index is 0.0355. The zero-order chi connectivity index (χ0) is 16.1. The maximum atomic E-state index is 12.1. The standard InChI is InChI=1S/C18H21N3O2/c22-17(19-12-14-6-4-5-7-14)13-21-18(23)11-10-16(20-21)15-8-2-1-3-9-15/h1-3,8-11,14H,4-7,12-13H2,(H,19,22). The van der Waals surface area contributed by atoms with Crippen molar-refractivity contribution >= 4 is 5.91 Å². The first-order valence-electron chi connectivity index (χ1n) is 8.12. The maximum Gasteiger partial charge on any atom is 0.267 e. The van der Waals surface area contributed by atoms with E-state index in [1.807, 2.05) is 30.3 Å². The quantitative estimate of drug-likeness (QED) is 0.921.